The van der Waals surface area contributed by atoms with Gasteiger partial charge in [0.15, 0.2) is 0 Å². The first-order chi connectivity index (χ1) is 13.4. The number of nitrogens with one attached hydrogen (secondary N) is 1. The van der Waals surface area contributed by atoms with E-state index in [1.54, 1.807) is 17.0 Å². The first-order valence-corrected chi connectivity index (χ1v) is 9.81. The Labute approximate surface area is 166 Å². The molecule has 2 aromatic carbocycles. The van der Waals surface area contributed by atoms with E-state index in [2.05, 4.69) is 12.2 Å². The monoisotopic (exact) mass is 384 g/mol. The van der Waals surface area contributed by atoms with Gasteiger partial charge < -0.3 is 10.2 Å². The van der Waals surface area contributed by atoms with E-state index in [-0.39, 0.29) is 30.1 Å². The third-order valence-electron chi connectivity index (χ3n) is 4.55. The van der Waals surface area contributed by atoms with Crippen molar-refractivity contribution in [2.75, 3.05) is 6.54 Å². The van der Waals surface area contributed by atoms with Gasteiger partial charge in [-0.3, -0.25) is 9.59 Å². The molecule has 0 aliphatic carbocycles. The number of nitrogens with zero attached hydrogens (tertiary/aromatic N) is 1. The van der Waals surface area contributed by atoms with Crippen LogP contribution in [0.1, 0.15) is 50.8 Å². The van der Waals surface area contributed by atoms with Gasteiger partial charge in [0, 0.05) is 19.0 Å². The first-order valence-electron chi connectivity index (χ1n) is 9.81. The fourth-order valence-corrected chi connectivity index (χ4v) is 3.01. The number of hydrogen-bond donors (Lipinski definition) is 1. The zero-order valence-corrected chi connectivity index (χ0v) is 16.8. The highest BCUT2D eigenvalue weighted by Crippen LogP contribution is 2.25. The Bertz CT molecular complexity index is 760. The highest BCUT2D eigenvalue weighted by molar-refractivity contribution is 5.89. The molecule has 150 valence electrons. The van der Waals surface area contributed by atoms with Crippen LogP contribution in [0.25, 0.3) is 0 Å². The van der Waals surface area contributed by atoms with Gasteiger partial charge in [0.1, 0.15) is 11.9 Å². The van der Waals surface area contributed by atoms with Crippen molar-refractivity contribution in [2.45, 2.75) is 46.2 Å². The van der Waals surface area contributed by atoms with Gasteiger partial charge in [0.05, 0.1) is 0 Å². The molecule has 2 amide bonds. The number of amides is 2. The average Bonchev–Trinajstić information content (AvgIpc) is 2.69. The fraction of sp³-hybridized carbons (Fsp3) is 0.391. The average molecular weight is 384 g/mol. The molecule has 2 rings (SSSR count). The normalized spacial score (nSPS) is 11.9. The summed E-state index contributed by atoms with van der Waals surface area (Å²) in [6.07, 6.45) is 1.85. The number of carbonyl (C=O) groups is 2. The first kappa shape index (κ1) is 21.6. The molecule has 0 aliphatic rings. The van der Waals surface area contributed by atoms with E-state index < -0.39 is 6.04 Å². The van der Waals surface area contributed by atoms with Crippen molar-refractivity contribution >= 4 is 11.8 Å². The molecule has 0 saturated heterocycles. The summed E-state index contributed by atoms with van der Waals surface area (Å²) in [7, 11) is 0. The number of hydrogen-bond acceptors (Lipinski definition) is 2. The lowest BCUT2D eigenvalue weighted by Gasteiger charge is -2.33. The molecular formula is C23H29FN2O2. The largest absolute Gasteiger partial charge is 0.354 e. The molecule has 28 heavy (non-hydrogen) atoms. The Morgan fingerprint density at radius 2 is 1.68 bits per heavy atom. The van der Waals surface area contributed by atoms with Gasteiger partial charge in [-0.05, 0) is 29.7 Å². The van der Waals surface area contributed by atoms with Crippen LogP contribution in [0, 0.1) is 11.7 Å². The number of carbonyl (C=O) groups excluding carboxylic acids is 2. The second-order valence-corrected chi connectivity index (χ2v) is 7.21. The summed E-state index contributed by atoms with van der Waals surface area (Å²) in [6, 6.07) is 14.6. The molecule has 0 bridgehead atoms. The van der Waals surface area contributed by atoms with Gasteiger partial charge in [-0.2, -0.15) is 0 Å². The van der Waals surface area contributed by atoms with Crippen molar-refractivity contribution in [1.29, 1.82) is 0 Å². The van der Waals surface area contributed by atoms with Crippen LogP contribution in [-0.4, -0.2) is 23.3 Å². The standard InChI is InChI=1S/C23H29FN2O2/c1-4-5-15-25-22(27)21(19-9-7-6-8-10-19)26(23(28)17(2)3)16-18-11-13-20(24)14-12-18/h6-14,17,21H,4-5,15-16H2,1-3H3,(H,25,27)/t21-/m1/s1. The summed E-state index contributed by atoms with van der Waals surface area (Å²) in [5.41, 5.74) is 1.53. The summed E-state index contributed by atoms with van der Waals surface area (Å²) in [5, 5.41) is 2.96. The quantitative estimate of drug-likeness (QED) is 0.649. The number of unbranched alkanes of at least 4 members (excludes halogenated alkanes) is 1. The zero-order chi connectivity index (χ0) is 20.5. The van der Waals surface area contributed by atoms with Crippen LogP contribution in [0.15, 0.2) is 54.6 Å². The molecule has 2 aromatic rings. The number of halogens is 1. The summed E-state index contributed by atoms with van der Waals surface area (Å²) in [6.45, 7) is 6.50. The van der Waals surface area contributed by atoms with Crippen molar-refractivity contribution in [1.82, 2.24) is 10.2 Å². The zero-order valence-electron chi connectivity index (χ0n) is 16.8. The van der Waals surface area contributed by atoms with Crippen LogP contribution in [0.5, 0.6) is 0 Å². The second kappa shape index (κ2) is 10.6. The lowest BCUT2D eigenvalue weighted by Crippen LogP contribution is -2.45. The highest BCUT2D eigenvalue weighted by atomic mass is 19.1. The maximum atomic E-state index is 13.3. The summed E-state index contributed by atoms with van der Waals surface area (Å²) < 4.78 is 13.3. The third kappa shape index (κ3) is 5.91. The molecule has 0 spiro atoms. The third-order valence-corrected chi connectivity index (χ3v) is 4.55. The van der Waals surface area contributed by atoms with Crippen LogP contribution in [0.3, 0.4) is 0 Å². The van der Waals surface area contributed by atoms with E-state index >= 15 is 0 Å². The van der Waals surface area contributed by atoms with Crippen molar-refractivity contribution < 1.29 is 14.0 Å². The smallest absolute Gasteiger partial charge is 0.247 e. The molecule has 0 fully saturated rings. The van der Waals surface area contributed by atoms with Crippen molar-refractivity contribution in [3.05, 3.63) is 71.5 Å². The van der Waals surface area contributed by atoms with Gasteiger partial charge in [0.25, 0.3) is 0 Å². The van der Waals surface area contributed by atoms with E-state index in [0.29, 0.717) is 6.54 Å². The van der Waals surface area contributed by atoms with E-state index in [4.69, 9.17) is 0 Å². The molecule has 0 saturated carbocycles. The van der Waals surface area contributed by atoms with E-state index in [0.717, 1.165) is 24.0 Å². The highest BCUT2D eigenvalue weighted by Gasteiger charge is 2.32. The van der Waals surface area contributed by atoms with Crippen LogP contribution in [0.2, 0.25) is 0 Å². The van der Waals surface area contributed by atoms with Crippen molar-refractivity contribution in [2.24, 2.45) is 5.92 Å². The SMILES string of the molecule is CCCCNC(=O)[C@@H](c1ccccc1)N(Cc1ccc(F)cc1)C(=O)C(C)C. The van der Waals surface area contributed by atoms with E-state index in [1.165, 1.54) is 12.1 Å². The van der Waals surface area contributed by atoms with Crippen molar-refractivity contribution in [3.63, 3.8) is 0 Å². The van der Waals surface area contributed by atoms with Crippen LogP contribution < -0.4 is 5.32 Å². The molecule has 0 unspecified atom stereocenters. The molecule has 1 N–H and O–H groups in total. The maximum Gasteiger partial charge on any atom is 0.247 e. The topological polar surface area (TPSA) is 49.4 Å². The molecule has 0 aliphatic heterocycles. The Balaban J connectivity index is 2.39. The summed E-state index contributed by atoms with van der Waals surface area (Å²) >= 11 is 0. The molecular weight excluding hydrogens is 355 g/mol. The Morgan fingerprint density at radius 1 is 1.04 bits per heavy atom. The van der Waals surface area contributed by atoms with Crippen LogP contribution in [-0.2, 0) is 16.1 Å². The Morgan fingerprint density at radius 3 is 2.25 bits per heavy atom. The summed E-state index contributed by atoms with van der Waals surface area (Å²) in [5.74, 6) is -0.919. The van der Waals surface area contributed by atoms with Gasteiger partial charge in [-0.1, -0.05) is 69.7 Å². The van der Waals surface area contributed by atoms with E-state index in [1.807, 2.05) is 44.2 Å². The molecule has 0 aromatic heterocycles. The number of benzene rings is 2. The molecule has 1 atom stereocenters. The fourth-order valence-electron chi connectivity index (χ4n) is 3.01. The Kier molecular flexibility index (Phi) is 8.18. The van der Waals surface area contributed by atoms with Crippen molar-refractivity contribution in [3.8, 4) is 0 Å². The molecule has 4 nitrogen and oxygen atoms in total. The molecule has 5 heteroatoms. The molecule has 0 heterocycles. The Hall–Kier alpha value is -2.69. The number of rotatable bonds is 9. The van der Waals surface area contributed by atoms with Gasteiger partial charge in [-0.25, -0.2) is 4.39 Å². The van der Waals surface area contributed by atoms with Gasteiger partial charge in [0.2, 0.25) is 11.8 Å². The minimum absolute atomic E-state index is 0.121. The van der Waals surface area contributed by atoms with Gasteiger partial charge in [-0.15, -0.1) is 0 Å². The van der Waals surface area contributed by atoms with Crippen LogP contribution in [0.4, 0.5) is 4.39 Å². The molecule has 0 radical (unpaired) electrons. The minimum atomic E-state index is -0.738. The van der Waals surface area contributed by atoms with Crippen LogP contribution >= 0.6 is 0 Å². The maximum absolute atomic E-state index is 13.3. The predicted octanol–water partition coefficient (Wildman–Crippen LogP) is 4.47. The van der Waals surface area contributed by atoms with Gasteiger partial charge >= 0.3 is 0 Å². The lowest BCUT2D eigenvalue weighted by atomic mass is 10.0. The predicted molar refractivity (Wildman–Crippen MR) is 109 cm³/mol. The second-order valence-electron chi connectivity index (χ2n) is 7.21. The summed E-state index contributed by atoms with van der Waals surface area (Å²) in [4.78, 5) is 27.7. The van der Waals surface area contributed by atoms with E-state index in [9.17, 15) is 14.0 Å². The minimum Gasteiger partial charge on any atom is -0.354 e. The lowest BCUT2D eigenvalue weighted by molar-refractivity contribution is -0.144.